The van der Waals surface area contributed by atoms with Crippen LogP contribution in [-0.2, 0) is 4.79 Å². The quantitative estimate of drug-likeness (QED) is 0.752. The molecule has 1 aromatic carbocycles. The molecule has 0 aliphatic heterocycles. The van der Waals surface area contributed by atoms with Gasteiger partial charge < -0.3 is 20.5 Å². The van der Waals surface area contributed by atoms with Crippen LogP contribution >= 0.6 is 0 Å². The van der Waals surface area contributed by atoms with Crippen LogP contribution in [0.25, 0.3) is 0 Å². The number of amides is 1. The number of rotatable bonds is 8. The number of hydrogen-bond donors (Lipinski definition) is 2. The number of carbonyl (C=O) groups excluding carboxylic acids is 1. The lowest BCUT2D eigenvalue weighted by Crippen LogP contribution is -2.61. The van der Waals surface area contributed by atoms with Crippen molar-refractivity contribution in [1.82, 2.24) is 5.32 Å². The highest BCUT2D eigenvalue weighted by Gasteiger charge is 2.50. The molecule has 20 heavy (non-hydrogen) atoms. The number of likely N-dealkylation sites (N-methyl/N-ethyl adjacent to an activating group) is 1. The second kappa shape index (κ2) is 6.13. The van der Waals surface area contributed by atoms with E-state index in [-0.39, 0.29) is 18.4 Å². The number of benzene rings is 1. The van der Waals surface area contributed by atoms with Gasteiger partial charge in [0, 0.05) is 6.07 Å². The zero-order chi connectivity index (χ0) is 14.6. The summed E-state index contributed by atoms with van der Waals surface area (Å²) < 4.78 is 10.9. The fraction of sp³-hybridized carbons (Fsp3) is 0.533. The van der Waals surface area contributed by atoms with Gasteiger partial charge in [-0.15, -0.1) is 0 Å². The molecule has 0 bridgehead atoms. The minimum Gasteiger partial charge on any atom is -0.497 e. The van der Waals surface area contributed by atoms with Gasteiger partial charge in [0.2, 0.25) is 5.91 Å². The third-order valence-corrected chi connectivity index (χ3v) is 3.71. The molecule has 0 saturated heterocycles. The number of hydrogen-bond acceptors (Lipinski definition) is 4. The molecule has 1 amide bonds. The Labute approximate surface area is 119 Å². The number of primary amides is 1. The molecule has 5 heteroatoms. The lowest BCUT2D eigenvalue weighted by molar-refractivity contribution is -0.126. The summed E-state index contributed by atoms with van der Waals surface area (Å²) >= 11 is 0. The molecule has 1 aliphatic rings. The number of ether oxygens (including phenoxy) is 2. The highest BCUT2D eigenvalue weighted by atomic mass is 16.5. The van der Waals surface area contributed by atoms with Crippen molar-refractivity contribution in [3.05, 3.63) is 24.3 Å². The van der Waals surface area contributed by atoms with Crippen LogP contribution in [0.1, 0.15) is 19.8 Å². The summed E-state index contributed by atoms with van der Waals surface area (Å²) in [5.74, 6) is 1.32. The van der Waals surface area contributed by atoms with Crippen molar-refractivity contribution >= 4 is 5.91 Å². The fourth-order valence-electron chi connectivity index (χ4n) is 2.45. The summed E-state index contributed by atoms with van der Waals surface area (Å²) in [4.78, 5) is 11.9. The molecule has 1 aliphatic carbocycles. The molecule has 1 unspecified atom stereocenters. The van der Waals surface area contributed by atoms with Crippen molar-refractivity contribution in [1.29, 1.82) is 0 Å². The molecule has 5 nitrogen and oxygen atoms in total. The Hall–Kier alpha value is -1.75. The van der Waals surface area contributed by atoms with Crippen LogP contribution in [0.5, 0.6) is 11.5 Å². The van der Waals surface area contributed by atoms with Gasteiger partial charge in [-0.1, -0.05) is 13.0 Å². The van der Waals surface area contributed by atoms with Gasteiger partial charge in [0.25, 0.3) is 0 Å². The van der Waals surface area contributed by atoms with E-state index < -0.39 is 5.54 Å². The molecule has 0 heterocycles. The Morgan fingerprint density at radius 2 is 2.15 bits per heavy atom. The Morgan fingerprint density at radius 3 is 2.70 bits per heavy atom. The summed E-state index contributed by atoms with van der Waals surface area (Å²) in [5, 5.41) is 3.23. The molecule has 2 rings (SSSR count). The number of carbonyl (C=O) groups is 1. The Morgan fingerprint density at radius 1 is 1.45 bits per heavy atom. The predicted molar refractivity (Wildman–Crippen MR) is 76.8 cm³/mol. The molecule has 0 aromatic heterocycles. The zero-order valence-corrected chi connectivity index (χ0v) is 12.0. The average Bonchev–Trinajstić information content (AvgIpc) is 3.28. The molecule has 0 radical (unpaired) electrons. The van der Waals surface area contributed by atoms with E-state index in [9.17, 15) is 4.79 Å². The molecule has 1 saturated carbocycles. The van der Waals surface area contributed by atoms with Crippen molar-refractivity contribution < 1.29 is 14.3 Å². The first kappa shape index (κ1) is 14.7. The number of nitrogens with two attached hydrogens (primary N) is 1. The number of methoxy groups -OCH3 is 1. The average molecular weight is 278 g/mol. The first-order chi connectivity index (χ1) is 9.62. The summed E-state index contributed by atoms with van der Waals surface area (Å²) in [6.45, 7) is 2.89. The van der Waals surface area contributed by atoms with E-state index in [2.05, 4.69) is 5.32 Å². The zero-order valence-electron chi connectivity index (χ0n) is 12.0. The van der Waals surface area contributed by atoms with Crippen molar-refractivity contribution in [2.75, 3.05) is 20.3 Å². The Kier molecular flexibility index (Phi) is 4.49. The molecule has 3 N–H and O–H groups in total. The largest absolute Gasteiger partial charge is 0.497 e. The van der Waals surface area contributed by atoms with E-state index in [4.69, 9.17) is 15.2 Å². The van der Waals surface area contributed by atoms with E-state index in [1.165, 1.54) is 0 Å². The SMILES string of the molecule is CCNC(COc1cccc(OC)c1)(C(N)=O)C1CC1. The van der Waals surface area contributed by atoms with Crippen LogP contribution in [0.4, 0.5) is 0 Å². The maximum Gasteiger partial charge on any atom is 0.241 e. The maximum atomic E-state index is 11.9. The van der Waals surface area contributed by atoms with Gasteiger partial charge in [0.15, 0.2) is 0 Å². The van der Waals surface area contributed by atoms with E-state index in [0.717, 1.165) is 18.6 Å². The van der Waals surface area contributed by atoms with Crippen LogP contribution in [0.2, 0.25) is 0 Å². The smallest absolute Gasteiger partial charge is 0.241 e. The monoisotopic (exact) mass is 278 g/mol. The second-order valence-electron chi connectivity index (χ2n) is 5.11. The maximum absolute atomic E-state index is 11.9. The van der Waals surface area contributed by atoms with Gasteiger partial charge in [-0.2, -0.15) is 0 Å². The number of nitrogens with one attached hydrogen (secondary N) is 1. The van der Waals surface area contributed by atoms with E-state index in [1.54, 1.807) is 13.2 Å². The lowest BCUT2D eigenvalue weighted by atomic mass is 9.93. The van der Waals surface area contributed by atoms with Gasteiger partial charge >= 0.3 is 0 Å². The van der Waals surface area contributed by atoms with E-state index in [0.29, 0.717) is 12.3 Å². The minimum absolute atomic E-state index is 0.244. The second-order valence-corrected chi connectivity index (χ2v) is 5.11. The molecule has 1 atom stereocenters. The minimum atomic E-state index is -0.766. The molecular formula is C15H22N2O3. The molecule has 0 spiro atoms. The lowest BCUT2D eigenvalue weighted by Gasteiger charge is -2.31. The normalized spacial score (nSPS) is 17.3. The molecule has 1 fully saturated rings. The van der Waals surface area contributed by atoms with E-state index >= 15 is 0 Å². The first-order valence-corrected chi connectivity index (χ1v) is 6.94. The third kappa shape index (κ3) is 3.04. The van der Waals surface area contributed by atoms with Crippen LogP contribution in [0.3, 0.4) is 0 Å². The highest BCUT2D eigenvalue weighted by molar-refractivity contribution is 5.85. The first-order valence-electron chi connectivity index (χ1n) is 6.94. The predicted octanol–water partition coefficient (Wildman–Crippen LogP) is 1.32. The summed E-state index contributed by atoms with van der Waals surface area (Å²) in [7, 11) is 1.61. The fourth-order valence-corrected chi connectivity index (χ4v) is 2.45. The summed E-state index contributed by atoms with van der Waals surface area (Å²) in [6.07, 6.45) is 2.02. The summed E-state index contributed by atoms with van der Waals surface area (Å²) in [5.41, 5.74) is 4.85. The van der Waals surface area contributed by atoms with E-state index in [1.807, 2.05) is 25.1 Å². The van der Waals surface area contributed by atoms with Gasteiger partial charge in [-0.05, 0) is 37.4 Å². The van der Waals surface area contributed by atoms with Crippen molar-refractivity contribution in [3.63, 3.8) is 0 Å². The van der Waals surface area contributed by atoms with Crippen LogP contribution in [0.15, 0.2) is 24.3 Å². The third-order valence-electron chi connectivity index (χ3n) is 3.71. The van der Waals surface area contributed by atoms with Crippen molar-refractivity contribution in [3.8, 4) is 11.5 Å². The topological polar surface area (TPSA) is 73.6 Å². The van der Waals surface area contributed by atoms with Crippen LogP contribution in [0, 0.1) is 5.92 Å². The van der Waals surface area contributed by atoms with Gasteiger partial charge in [-0.25, -0.2) is 0 Å². The van der Waals surface area contributed by atoms with Crippen LogP contribution < -0.4 is 20.5 Å². The highest BCUT2D eigenvalue weighted by Crippen LogP contribution is 2.40. The van der Waals surface area contributed by atoms with Gasteiger partial charge in [-0.3, -0.25) is 4.79 Å². The van der Waals surface area contributed by atoms with Crippen molar-refractivity contribution in [2.24, 2.45) is 11.7 Å². The van der Waals surface area contributed by atoms with Gasteiger partial charge in [0.1, 0.15) is 23.6 Å². The van der Waals surface area contributed by atoms with Gasteiger partial charge in [0.05, 0.1) is 7.11 Å². The molecule has 1 aromatic rings. The summed E-state index contributed by atoms with van der Waals surface area (Å²) in [6, 6.07) is 7.33. The Bertz CT molecular complexity index is 474. The molecular weight excluding hydrogens is 256 g/mol. The standard InChI is InChI=1S/C15H22N2O3/c1-3-17-15(14(16)18,11-7-8-11)10-20-13-6-4-5-12(9-13)19-2/h4-6,9,11,17H,3,7-8,10H2,1-2H3,(H2,16,18). The van der Waals surface area contributed by atoms with Crippen LogP contribution in [-0.4, -0.2) is 31.7 Å². The Balaban J connectivity index is 2.09. The molecule has 110 valence electrons. The van der Waals surface area contributed by atoms with Crippen molar-refractivity contribution in [2.45, 2.75) is 25.3 Å².